The smallest absolute Gasteiger partial charge is 0.243 e. The van der Waals surface area contributed by atoms with Gasteiger partial charge < -0.3 is 19.5 Å². The Morgan fingerprint density at radius 2 is 1.79 bits per heavy atom. The predicted molar refractivity (Wildman–Crippen MR) is 123 cm³/mol. The van der Waals surface area contributed by atoms with Crippen LogP contribution in [0.2, 0.25) is 0 Å². The van der Waals surface area contributed by atoms with E-state index in [1.165, 1.54) is 16.4 Å². The minimum absolute atomic E-state index is 0.140. The van der Waals surface area contributed by atoms with Crippen molar-refractivity contribution in [3.05, 3.63) is 42.0 Å². The zero-order valence-electron chi connectivity index (χ0n) is 18.9. The fourth-order valence-corrected chi connectivity index (χ4v) is 5.31. The van der Waals surface area contributed by atoms with Crippen molar-refractivity contribution in [2.75, 3.05) is 44.9 Å². The molecule has 2 aliphatic heterocycles. The van der Waals surface area contributed by atoms with E-state index in [0.29, 0.717) is 50.8 Å². The number of rotatable bonds is 8. The van der Waals surface area contributed by atoms with E-state index in [2.05, 4.69) is 10.2 Å². The van der Waals surface area contributed by atoms with Crippen LogP contribution in [0.4, 0.5) is 5.69 Å². The zero-order chi connectivity index (χ0) is 23.4. The molecule has 0 radical (unpaired) electrons. The van der Waals surface area contributed by atoms with Gasteiger partial charge in [0.15, 0.2) is 11.5 Å². The number of hydrogen-bond acceptors (Lipinski definition) is 7. The summed E-state index contributed by atoms with van der Waals surface area (Å²) in [4.78, 5) is 14.3. The van der Waals surface area contributed by atoms with Gasteiger partial charge in [0.2, 0.25) is 22.7 Å². The van der Waals surface area contributed by atoms with Crippen LogP contribution >= 0.6 is 0 Å². The summed E-state index contributed by atoms with van der Waals surface area (Å²) in [5, 5.41) is 2.74. The molecule has 0 aliphatic carbocycles. The van der Waals surface area contributed by atoms with Crippen molar-refractivity contribution in [1.29, 1.82) is 0 Å². The van der Waals surface area contributed by atoms with Gasteiger partial charge in [0.05, 0.1) is 17.2 Å². The number of hydrogen-bond donors (Lipinski definition) is 1. The summed E-state index contributed by atoms with van der Waals surface area (Å²) in [7, 11) is -3.70. The molecule has 1 N–H and O–H groups in total. The van der Waals surface area contributed by atoms with Crippen LogP contribution in [0.15, 0.2) is 41.3 Å². The number of carbonyl (C=O) groups is 1. The van der Waals surface area contributed by atoms with Gasteiger partial charge >= 0.3 is 0 Å². The normalized spacial score (nSPS) is 16.5. The average molecular weight is 476 g/mol. The van der Waals surface area contributed by atoms with Crippen LogP contribution in [0, 0.1) is 0 Å². The van der Waals surface area contributed by atoms with E-state index < -0.39 is 10.0 Å². The number of piperazine rings is 1. The Bertz CT molecular complexity index is 1110. The number of fused-ring (bicyclic) bond motifs is 1. The second-order valence-electron chi connectivity index (χ2n) is 7.86. The largest absolute Gasteiger partial charge is 0.492 e. The molecule has 0 aromatic heterocycles. The highest BCUT2D eigenvalue weighted by atomic mass is 32.2. The molecule has 2 heterocycles. The number of ether oxygens (including phenoxy) is 3. The van der Waals surface area contributed by atoms with Crippen LogP contribution in [-0.2, 0) is 21.4 Å². The van der Waals surface area contributed by atoms with E-state index in [9.17, 15) is 13.2 Å². The zero-order valence-corrected chi connectivity index (χ0v) is 19.7. The molecule has 2 aromatic carbocycles. The molecule has 10 heteroatoms. The lowest BCUT2D eigenvalue weighted by atomic mass is 10.2. The second kappa shape index (κ2) is 9.98. The maximum absolute atomic E-state index is 13.3. The third-order valence-corrected chi connectivity index (χ3v) is 7.55. The van der Waals surface area contributed by atoms with Crippen molar-refractivity contribution in [2.45, 2.75) is 31.7 Å². The monoisotopic (exact) mass is 475 g/mol. The van der Waals surface area contributed by atoms with Crippen molar-refractivity contribution < 1.29 is 27.4 Å². The summed E-state index contributed by atoms with van der Waals surface area (Å²) in [5.41, 5.74) is 1.46. The van der Waals surface area contributed by atoms with Gasteiger partial charge in [-0.25, -0.2) is 8.42 Å². The van der Waals surface area contributed by atoms with Gasteiger partial charge in [0.25, 0.3) is 0 Å². The molecule has 178 valence electrons. The van der Waals surface area contributed by atoms with Crippen molar-refractivity contribution in [2.24, 2.45) is 0 Å². The first kappa shape index (κ1) is 23.3. The van der Waals surface area contributed by atoms with Gasteiger partial charge in [-0.3, -0.25) is 9.69 Å². The van der Waals surface area contributed by atoms with Gasteiger partial charge in [-0.15, -0.1) is 0 Å². The van der Waals surface area contributed by atoms with E-state index >= 15 is 0 Å². The van der Waals surface area contributed by atoms with Crippen molar-refractivity contribution in [3.8, 4) is 17.2 Å². The summed E-state index contributed by atoms with van der Waals surface area (Å²) in [6, 6.07) is 10.5. The Balaban J connectivity index is 1.43. The molecule has 2 aromatic rings. The molecular weight excluding hydrogens is 446 g/mol. The number of nitrogens with one attached hydrogen (secondary N) is 1. The number of nitrogens with zero attached hydrogens (tertiary/aromatic N) is 2. The lowest BCUT2D eigenvalue weighted by Crippen LogP contribution is -2.48. The average Bonchev–Trinajstić information content (AvgIpc) is 3.28. The highest BCUT2D eigenvalue weighted by Gasteiger charge is 2.29. The van der Waals surface area contributed by atoms with Gasteiger partial charge in [-0.05, 0) is 42.8 Å². The van der Waals surface area contributed by atoms with E-state index in [1.807, 2.05) is 25.1 Å². The Morgan fingerprint density at radius 1 is 1.03 bits per heavy atom. The van der Waals surface area contributed by atoms with Gasteiger partial charge in [-0.2, -0.15) is 4.31 Å². The van der Waals surface area contributed by atoms with Crippen LogP contribution in [0.25, 0.3) is 0 Å². The van der Waals surface area contributed by atoms with Crippen LogP contribution in [0.3, 0.4) is 0 Å². The fourth-order valence-electron chi connectivity index (χ4n) is 3.86. The molecule has 0 bridgehead atoms. The maximum atomic E-state index is 13.3. The number of benzene rings is 2. The molecule has 0 spiro atoms. The highest BCUT2D eigenvalue weighted by molar-refractivity contribution is 7.89. The molecule has 9 nitrogen and oxygen atoms in total. The standard InChI is InChI=1S/C23H29N3O6S/c1-3-23(27)24-19-14-18(6-8-20(19)30-4-2)33(28,29)26-11-9-25(10-12-26)15-17-5-7-21-22(13-17)32-16-31-21/h5-8,13-14H,3-4,9-12,15-16H2,1-2H3,(H,24,27). The Hall–Kier alpha value is -2.82. The van der Waals surface area contributed by atoms with E-state index in [0.717, 1.165) is 17.1 Å². The lowest BCUT2D eigenvalue weighted by molar-refractivity contribution is -0.115. The number of anilines is 1. The lowest BCUT2D eigenvalue weighted by Gasteiger charge is -2.34. The third kappa shape index (κ3) is 5.23. The van der Waals surface area contributed by atoms with Gasteiger partial charge in [-0.1, -0.05) is 13.0 Å². The van der Waals surface area contributed by atoms with E-state index in [-0.39, 0.29) is 24.0 Å². The molecule has 4 rings (SSSR count). The molecule has 0 atom stereocenters. The summed E-state index contributed by atoms with van der Waals surface area (Å²) >= 11 is 0. The first-order valence-electron chi connectivity index (χ1n) is 11.1. The fraction of sp³-hybridized carbons (Fsp3) is 0.435. The van der Waals surface area contributed by atoms with Crippen LogP contribution < -0.4 is 19.5 Å². The van der Waals surface area contributed by atoms with E-state index in [4.69, 9.17) is 14.2 Å². The number of amides is 1. The molecule has 2 aliphatic rings. The molecule has 1 amide bonds. The molecule has 33 heavy (non-hydrogen) atoms. The summed E-state index contributed by atoms with van der Waals surface area (Å²) in [5.74, 6) is 1.74. The second-order valence-corrected chi connectivity index (χ2v) is 9.80. The van der Waals surface area contributed by atoms with Gasteiger partial charge in [0, 0.05) is 39.1 Å². The Morgan fingerprint density at radius 3 is 2.52 bits per heavy atom. The quantitative estimate of drug-likeness (QED) is 0.627. The van der Waals surface area contributed by atoms with Crippen LogP contribution in [-0.4, -0.2) is 63.1 Å². The minimum Gasteiger partial charge on any atom is -0.492 e. The SMILES string of the molecule is CCOc1ccc(S(=O)(=O)N2CCN(Cc3ccc4c(c3)OCO4)CC2)cc1NC(=O)CC. The number of sulfonamides is 1. The minimum atomic E-state index is -3.70. The summed E-state index contributed by atoms with van der Waals surface area (Å²) in [6.45, 7) is 6.93. The summed E-state index contributed by atoms with van der Waals surface area (Å²) in [6.07, 6.45) is 0.286. The first-order valence-corrected chi connectivity index (χ1v) is 12.5. The summed E-state index contributed by atoms with van der Waals surface area (Å²) < 4.78 is 44.4. The maximum Gasteiger partial charge on any atom is 0.243 e. The molecule has 1 fully saturated rings. The van der Waals surface area contributed by atoms with Crippen molar-refractivity contribution in [1.82, 2.24) is 9.21 Å². The molecule has 0 saturated carbocycles. The van der Waals surface area contributed by atoms with E-state index in [1.54, 1.807) is 13.0 Å². The van der Waals surface area contributed by atoms with Gasteiger partial charge in [0.1, 0.15) is 5.75 Å². The molecular formula is C23H29N3O6S. The third-order valence-electron chi connectivity index (χ3n) is 5.66. The van der Waals surface area contributed by atoms with Crippen LogP contribution in [0.5, 0.6) is 17.2 Å². The molecule has 1 saturated heterocycles. The predicted octanol–water partition coefficient (Wildman–Crippen LogP) is 2.67. The number of carbonyl (C=O) groups excluding carboxylic acids is 1. The van der Waals surface area contributed by atoms with Crippen LogP contribution in [0.1, 0.15) is 25.8 Å². The van der Waals surface area contributed by atoms with Crippen molar-refractivity contribution in [3.63, 3.8) is 0 Å². The Kier molecular flexibility index (Phi) is 7.06. The topological polar surface area (TPSA) is 97.4 Å². The first-order chi connectivity index (χ1) is 15.9. The highest BCUT2D eigenvalue weighted by Crippen LogP contribution is 2.33. The Labute approximate surface area is 194 Å². The van der Waals surface area contributed by atoms with Crippen molar-refractivity contribution >= 4 is 21.6 Å². The molecule has 0 unspecified atom stereocenters.